The molecule has 0 aromatic rings. The second-order valence-corrected chi connectivity index (χ2v) is 5.03. The highest BCUT2D eigenvalue weighted by molar-refractivity contribution is 4.78. The average molecular weight is 196 g/mol. The zero-order valence-corrected chi connectivity index (χ0v) is 9.47. The first-order chi connectivity index (χ1) is 6.86. The molecule has 0 radical (unpaired) electrons. The highest BCUT2D eigenvalue weighted by atomic mass is 15.2. The quantitative estimate of drug-likeness (QED) is 0.725. The summed E-state index contributed by atoms with van der Waals surface area (Å²) in [5.74, 6) is 0.969. The van der Waals surface area contributed by atoms with Gasteiger partial charge < -0.3 is 10.2 Å². The smallest absolute Gasteiger partial charge is 0.00670 e. The van der Waals surface area contributed by atoms with E-state index in [2.05, 4.69) is 17.1 Å². The summed E-state index contributed by atoms with van der Waals surface area (Å²) < 4.78 is 0. The Balaban J connectivity index is 1.76. The summed E-state index contributed by atoms with van der Waals surface area (Å²) in [6.07, 6.45) is 7.08. The van der Waals surface area contributed by atoms with Gasteiger partial charge >= 0.3 is 0 Å². The van der Waals surface area contributed by atoms with Gasteiger partial charge in [-0.1, -0.05) is 6.42 Å². The molecule has 2 aliphatic rings. The Hall–Kier alpha value is -0.0800. The maximum absolute atomic E-state index is 3.44. The fraction of sp³-hybridized carbons (Fsp3) is 1.00. The van der Waals surface area contributed by atoms with Crippen LogP contribution < -0.4 is 5.32 Å². The lowest BCUT2D eigenvalue weighted by molar-refractivity contribution is 0.125. The highest BCUT2D eigenvalue weighted by Crippen LogP contribution is 2.20. The van der Waals surface area contributed by atoms with Crippen molar-refractivity contribution in [2.75, 3.05) is 26.2 Å². The summed E-state index contributed by atoms with van der Waals surface area (Å²) in [6, 6.07) is 0.846. The van der Waals surface area contributed by atoms with Crippen molar-refractivity contribution in [1.29, 1.82) is 0 Å². The van der Waals surface area contributed by atoms with Crippen LogP contribution in [0.1, 0.15) is 39.0 Å². The Morgan fingerprint density at radius 1 is 1.14 bits per heavy atom. The predicted molar refractivity (Wildman–Crippen MR) is 60.5 cm³/mol. The fourth-order valence-corrected chi connectivity index (χ4v) is 2.82. The van der Waals surface area contributed by atoms with Gasteiger partial charge in [-0.3, -0.25) is 0 Å². The van der Waals surface area contributed by atoms with Crippen LogP contribution in [0.4, 0.5) is 0 Å². The van der Waals surface area contributed by atoms with Gasteiger partial charge in [0.1, 0.15) is 0 Å². The molecule has 0 aromatic heterocycles. The van der Waals surface area contributed by atoms with Crippen LogP contribution in [0.25, 0.3) is 0 Å². The second kappa shape index (κ2) is 5.13. The van der Waals surface area contributed by atoms with Crippen molar-refractivity contribution in [2.45, 2.75) is 45.1 Å². The van der Waals surface area contributed by atoms with Crippen LogP contribution in [-0.4, -0.2) is 37.1 Å². The Morgan fingerprint density at radius 3 is 2.64 bits per heavy atom. The molecule has 0 saturated carbocycles. The number of piperidine rings is 2. The van der Waals surface area contributed by atoms with Crippen LogP contribution in [0.3, 0.4) is 0 Å². The van der Waals surface area contributed by atoms with Crippen LogP contribution in [0.5, 0.6) is 0 Å². The molecule has 2 fully saturated rings. The Kier molecular flexibility index (Phi) is 3.82. The van der Waals surface area contributed by atoms with Gasteiger partial charge in [0.05, 0.1) is 0 Å². The molecule has 0 bridgehead atoms. The van der Waals surface area contributed by atoms with Crippen molar-refractivity contribution >= 4 is 0 Å². The second-order valence-electron chi connectivity index (χ2n) is 5.03. The molecule has 2 saturated heterocycles. The number of hydrogen-bond acceptors (Lipinski definition) is 2. The number of likely N-dealkylation sites (tertiary alicyclic amines) is 1. The first-order valence-electron chi connectivity index (χ1n) is 6.31. The topological polar surface area (TPSA) is 15.3 Å². The van der Waals surface area contributed by atoms with Crippen LogP contribution in [0.2, 0.25) is 0 Å². The van der Waals surface area contributed by atoms with E-state index >= 15 is 0 Å². The van der Waals surface area contributed by atoms with Gasteiger partial charge in [-0.15, -0.1) is 0 Å². The van der Waals surface area contributed by atoms with Gasteiger partial charge in [0.2, 0.25) is 0 Å². The largest absolute Gasteiger partial charge is 0.317 e. The Morgan fingerprint density at radius 2 is 1.93 bits per heavy atom. The SMILES string of the molecule is C[C@H]1CCCCN1CC1CCNCC1. The molecule has 2 heterocycles. The van der Waals surface area contributed by atoms with E-state index in [1.807, 2.05) is 0 Å². The van der Waals surface area contributed by atoms with Gasteiger partial charge in [-0.25, -0.2) is 0 Å². The molecule has 2 aliphatic heterocycles. The van der Waals surface area contributed by atoms with Gasteiger partial charge in [0.25, 0.3) is 0 Å². The molecule has 82 valence electrons. The lowest BCUT2D eigenvalue weighted by Crippen LogP contribution is -2.42. The number of rotatable bonds is 2. The lowest BCUT2D eigenvalue weighted by Gasteiger charge is -2.37. The molecule has 2 heteroatoms. The molecule has 0 unspecified atom stereocenters. The van der Waals surface area contributed by atoms with E-state index in [0.717, 1.165) is 12.0 Å². The maximum Gasteiger partial charge on any atom is 0.00670 e. The summed E-state index contributed by atoms with van der Waals surface area (Å²) in [4.78, 5) is 2.72. The van der Waals surface area contributed by atoms with E-state index in [4.69, 9.17) is 0 Å². The third-order valence-corrected chi connectivity index (χ3v) is 3.89. The minimum atomic E-state index is 0.846. The molecule has 2 rings (SSSR count). The van der Waals surface area contributed by atoms with Crippen molar-refractivity contribution in [2.24, 2.45) is 5.92 Å². The first kappa shape index (κ1) is 10.4. The molecule has 1 atom stereocenters. The van der Waals surface area contributed by atoms with Crippen molar-refractivity contribution in [1.82, 2.24) is 10.2 Å². The minimum Gasteiger partial charge on any atom is -0.317 e. The Labute approximate surface area is 88.1 Å². The summed E-state index contributed by atoms with van der Waals surface area (Å²) in [7, 11) is 0. The van der Waals surface area contributed by atoms with E-state index < -0.39 is 0 Å². The van der Waals surface area contributed by atoms with E-state index in [1.165, 1.54) is 58.3 Å². The molecule has 0 amide bonds. The third kappa shape index (κ3) is 2.71. The maximum atomic E-state index is 3.44. The normalized spacial score (nSPS) is 31.9. The van der Waals surface area contributed by atoms with E-state index in [0.29, 0.717) is 0 Å². The molecule has 0 spiro atoms. The molecule has 0 aliphatic carbocycles. The fourth-order valence-electron chi connectivity index (χ4n) is 2.82. The standard InChI is InChI=1S/C12H24N2/c1-11-4-2-3-9-14(11)10-12-5-7-13-8-6-12/h11-13H,2-10H2,1H3/t11-/m0/s1. The van der Waals surface area contributed by atoms with Crippen LogP contribution >= 0.6 is 0 Å². The number of nitrogens with one attached hydrogen (secondary N) is 1. The van der Waals surface area contributed by atoms with Gasteiger partial charge in [-0.2, -0.15) is 0 Å². The average Bonchev–Trinajstić information content (AvgIpc) is 2.23. The summed E-state index contributed by atoms with van der Waals surface area (Å²) >= 11 is 0. The van der Waals surface area contributed by atoms with Crippen LogP contribution in [-0.2, 0) is 0 Å². The van der Waals surface area contributed by atoms with Gasteiger partial charge in [0.15, 0.2) is 0 Å². The molecular weight excluding hydrogens is 172 g/mol. The molecule has 0 aromatic carbocycles. The van der Waals surface area contributed by atoms with E-state index in [1.54, 1.807) is 0 Å². The third-order valence-electron chi connectivity index (χ3n) is 3.89. The summed E-state index contributed by atoms with van der Waals surface area (Å²) in [6.45, 7) is 7.61. The minimum absolute atomic E-state index is 0.846. The van der Waals surface area contributed by atoms with Crippen LogP contribution in [0.15, 0.2) is 0 Å². The lowest BCUT2D eigenvalue weighted by atomic mass is 9.95. The monoisotopic (exact) mass is 196 g/mol. The van der Waals surface area contributed by atoms with E-state index in [-0.39, 0.29) is 0 Å². The highest BCUT2D eigenvalue weighted by Gasteiger charge is 2.22. The number of nitrogens with zero attached hydrogens (tertiary/aromatic N) is 1. The number of hydrogen-bond donors (Lipinski definition) is 1. The summed E-state index contributed by atoms with van der Waals surface area (Å²) in [5.41, 5.74) is 0. The molecule has 14 heavy (non-hydrogen) atoms. The first-order valence-corrected chi connectivity index (χ1v) is 6.31. The molecule has 2 nitrogen and oxygen atoms in total. The molecule has 1 N–H and O–H groups in total. The van der Waals surface area contributed by atoms with Crippen molar-refractivity contribution in [3.63, 3.8) is 0 Å². The van der Waals surface area contributed by atoms with E-state index in [9.17, 15) is 0 Å². The Bertz CT molecular complexity index is 164. The van der Waals surface area contributed by atoms with Crippen molar-refractivity contribution in [3.05, 3.63) is 0 Å². The zero-order valence-electron chi connectivity index (χ0n) is 9.47. The van der Waals surface area contributed by atoms with Gasteiger partial charge in [0, 0.05) is 12.6 Å². The predicted octanol–water partition coefficient (Wildman–Crippen LogP) is 1.86. The summed E-state index contributed by atoms with van der Waals surface area (Å²) in [5, 5.41) is 3.44. The van der Waals surface area contributed by atoms with Crippen LogP contribution in [0, 0.1) is 5.92 Å². The van der Waals surface area contributed by atoms with Gasteiger partial charge in [-0.05, 0) is 58.2 Å². The zero-order chi connectivity index (χ0) is 9.80. The molecular formula is C12H24N2. The van der Waals surface area contributed by atoms with Crippen molar-refractivity contribution in [3.8, 4) is 0 Å². The van der Waals surface area contributed by atoms with Crippen molar-refractivity contribution < 1.29 is 0 Å².